The second-order valence-corrected chi connectivity index (χ2v) is 4.85. The van der Waals surface area contributed by atoms with Crippen LogP contribution in [0.25, 0.3) is 11.3 Å². The lowest BCUT2D eigenvalue weighted by molar-refractivity contribution is 0.368. The molecular weight excluding hydrogens is 284 g/mol. The molecule has 22 heavy (non-hydrogen) atoms. The van der Waals surface area contributed by atoms with E-state index in [0.29, 0.717) is 11.3 Å². The van der Waals surface area contributed by atoms with Gasteiger partial charge < -0.3 is 19.7 Å². The lowest BCUT2D eigenvalue weighted by Gasteiger charge is -2.05. The molecule has 0 radical (unpaired) electrons. The highest BCUT2D eigenvalue weighted by molar-refractivity contribution is 5.66. The van der Waals surface area contributed by atoms with Gasteiger partial charge in [-0.2, -0.15) is 0 Å². The molecule has 0 bridgehead atoms. The zero-order valence-corrected chi connectivity index (χ0v) is 12.2. The first-order valence-electron chi connectivity index (χ1n) is 6.59. The highest BCUT2D eigenvalue weighted by atomic mass is 16.3. The molecule has 2 rings (SSSR count). The molecule has 114 valence electrons. The van der Waals surface area contributed by atoms with Crippen LogP contribution in [0.15, 0.2) is 51.7 Å². The quantitative estimate of drug-likeness (QED) is 0.704. The van der Waals surface area contributed by atoms with Crippen molar-refractivity contribution in [2.75, 3.05) is 0 Å². The molecule has 0 amide bonds. The lowest BCUT2D eigenvalue weighted by atomic mass is 10.1. The van der Waals surface area contributed by atoms with Crippen LogP contribution < -0.4 is 5.43 Å². The fourth-order valence-corrected chi connectivity index (χ4v) is 1.83. The largest absolute Gasteiger partial charge is 0.504 e. The van der Waals surface area contributed by atoms with E-state index in [-0.39, 0.29) is 16.8 Å². The monoisotopic (exact) mass is 300 g/mol. The Bertz CT molecular complexity index is 796. The zero-order chi connectivity index (χ0) is 16.3. The Kier molecular flexibility index (Phi) is 4.36. The van der Waals surface area contributed by atoms with E-state index < -0.39 is 17.2 Å². The molecule has 0 aliphatic carbocycles. The van der Waals surface area contributed by atoms with Crippen molar-refractivity contribution in [2.45, 2.75) is 13.8 Å². The smallest absolute Gasteiger partial charge is 0.200 e. The van der Waals surface area contributed by atoms with Crippen molar-refractivity contribution < 1.29 is 19.7 Å². The molecule has 0 fully saturated rings. The Labute approximate surface area is 127 Å². The van der Waals surface area contributed by atoms with Crippen molar-refractivity contribution >= 4 is 0 Å². The molecule has 0 aliphatic heterocycles. The fraction of sp³-hybridized carbons (Fsp3) is 0.118. The van der Waals surface area contributed by atoms with Crippen molar-refractivity contribution in [1.82, 2.24) is 0 Å². The van der Waals surface area contributed by atoms with Crippen molar-refractivity contribution in [2.24, 2.45) is 0 Å². The average Bonchev–Trinajstić information content (AvgIpc) is 2.47. The Morgan fingerprint density at radius 3 is 2.14 bits per heavy atom. The summed E-state index contributed by atoms with van der Waals surface area (Å²) in [5.74, 6) is -0.944. The molecule has 1 aromatic heterocycles. The predicted octanol–water partition coefficient (Wildman–Crippen LogP) is 3.16. The van der Waals surface area contributed by atoms with E-state index in [1.54, 1.807) is 38.1 Å². The third-order valence-electron chi connectivity index (χ3n) is 3.06. The van der Waals surface area contributed by atoms with Gasteiger partial charge in [-0.3, -0.25) is 4.79 Å². The molecule has 0 unspecified atom stereocenters. The molecule has 3 N–H and O–H groups in total. The maximum Gasteiger partial charge on any atom is 0.200 e. The van der Waals surface area contributed by atoms with Gasteiger partial charge in [0, 0.05) is 11.6 Å². The van der Waals surface area contributed by atoms with Crippen molar-refractivity contribution in [3.05, 3.63) is 64.0 Å². The van der Waals surface area contributed by atoms with Gasteiger partial charge in [0.1, 0.15) is 11.5 Å². The van der Waals surface area contributed by atoms with E-state index >= 15 is 0 Å². The normalized spacial score (nSPS) is 10.1. The van der Waals surface area contributed by atoms with Gasteiger partial charge in [0.25, 0.3) is 0 Å². The highest BCUT2D eigenvalue weighted by Crippen LogP contribution is 2.38. The molecule has 1 aromatic carbocycles. The first-order valence-corrected chi connectivity index (χ1v) is 6.59. The SMILES string of the molecule is Cc1ccccc(C)c(=O)cc(-c2cc(O)c(O)c(O)c2)o1. The summed E-state index contributed by atoms with van der Waals surface area (Å²) in [5, 5.41) is 28.6. The summed E-state index contributed by atoms with van der Waals surface area (Å²) in [4.78, 5) is 12.1. The van der Waals surface area contributed by atoms with Crippen LogP contribution in [-0.2, 0) is 0 Å². The Balaban J connectivity index is 2.82. The molecule has 0 aliphatic rings. The summed E-state index contributed by atoms with van der Waals surface area (Å²) in [7, 11) is 0. The van der Waals surface area contributed by atoms with Crippen LogP contribution in [0.2, 0.25) is 0 Å². The van der Waals surface area contributed by atoms with Crippen molar-refractivity contribution in [1.29, 1.82) is 0 Å². The summed E-state index contributed by atoms with van der Waals surface area (Å²) in [6, 6.07) is 10.6. The zero-order valence-electron chi connectivity index (χ0n) is 12.2. The molecule has 2 aromatic rings. The van der Waals surface area contributed by atoms with Crippen LogP contribution in [0.1, 0.15) is 11.3 Å². The third-order valence-corrected chi connectivity index (χ3v) is 3.06. The van der Waals surface area contributed by atoms with Crippen LogP contribution in [0.4, 0.5) is 0 Å². The summed E-state index contributed by atoms with van der Waals surface area (Å²) >= 11 is 0. The molecule has 0 spiro atoms. The van der Waals surface area contributed by atoms with Gasteiger partial charge in [-0.05, 0) is 37.6 Å². The number of hydrogen-bond donors (Lipinski definition) is 3. The minimum absolute atomic E-state index is 0.160. The van der Waals surface area contributed by atoms with Crippen LogP contribution in [0.3, 0.4) is 0 Å². The maximum atomic E-state index is 12.1. The van der Waals surface area contributed by atoms with E-state index in [1.807, 2.05) is 0 Å². The summed E-state index contributed by atoms with van der Waals surface area (Å²) in [6.07, 6.45) is 0. The van der Waals surface area contributed by atoms with Crippen molar-refractivity contribution in [3.8, 4) is 28.6 Å². The van der Waals surface area contributed by atoms with E-state index in [4.69, 9.17) is 4.42 Å². The number of hydrogen-bond acceptors (Lipinski definition) is 5. The fourth-order valence-electron chi connectivity index (χ4n) is 1.83. The summed E-state index contributed by atoms with van der Waals surface area (Å²) < 4.78 is 5.60. The Morgan fingerprint density at radius 1 is 0.909 bits per heavy atom. The highest BCUT2D eigenvalue weighted by Gasteiger charge is 2.11. The standard InChI is InChI=1S/C17H16O5/c1-10-5-3-4-6-11(2)22-16(9-13(10)18)12-7-14(19)17(21)15(20)8-12/h3-9,19-21H,1-2H3. The van der Waals surface area contributed by atoms with Crippen LogP contribution in [-0.4, -0.2) is 15.3 Å². The third kappa shape index (κ3) is 3.38. The average molecular weight is 300 g/mol. The molecular formula is C17H16O5. The van der Waals surface area contributed by atoms with Crippen molar-refractivity contribution in [3.63, 3.8) is 0 Å². The number of phenols is 3. The molecule has 5 heteroatoms. The van der Waals surface area contributed by atoms with Gasteiger partial charge in [-0.1, -0.05) is 18.2 Å². The predicted molar refractivity (Wildman–Crippen MR) is 82.5 cm³/mol. The van der Waals surface area contributed by atoms with Gasteiger partial charge in [-0.25, -0.2) is 0 Å². The Morgan fingerprint density at radius 2 is 1.50 bits per heavy atom. The minimum Gasteiger partial charge on any atom is -0.504 e. The van der Waals surface area contributed by atoms with Crippen LogP contribution >= 0.6 is 0 Å². The maximum absolute atomic E-state index is 12.1. The number of rotatable bonds is 1. The number of aryl methyl sites for hydroxylation is 2. The number of aromatic hydroxyl groups is 3. The van der Waals surface area contributed by atoms with Crippen LogP contribution in [0, 0.1) is 13.8 Å². The van der Waals surface area contributed by atoms with Gasteiger partial charge in [0.15, 0.2) is 22.7 Å². The van der Waals surface area contributed by atoms with Gasteiger partial charge >= 0.3 is 0 Å². The minimum atomic E-state index is -0.623. The summed E-state index contributed by atoms with van der Waals surface area (Å²) in [6.45, 7) is 3.38. The second kappa shape index (κ2) is 6.22. The topological polar surface area (TPSA) is 90.9 Å². The van der Waals surface area contributed by atoms with Gasteiger partial charge in [-0.15, -0.1) is 0 Å². The molecule has 0 atom stereocenters. The van der Waals surface area contributed by atoms with E-state index in [0.717, 1.165) is 0 Å². The van der Waals surface area contributed by atoms with E-state index in [1.165, 1.54) is 18.2 Å². The first kappa shape index (κ1) is 15.4. The molecule has 0 saturated carbocycles. The number of phenolic OH excluding ortho intramolecular Hbond substituents is 3. The van der Waals surface area contributed by atoms with E-state index in [2.05, 4.69) is 0 Å². The second-order valence-electron chi connectivity index (χ2n) is 4.85. The summed E-state index contributed by atoms with van der Waals surface area (Å²) in [5.41, 5.74) is 0.519. The molecule has 1 heterocycles. The van der Waals surface area contributed by atoms with Crippen LogP contribution in [0.5, 0.6) is 17.2 Å². The molecule has 0 saturated heterocycles. The number of benzene rings is 1. The van der Waals surface area contributed by atoms with Gasteiger partial charge in [0.05, 0.1) is 0 Å². The first-order chi connectivity index (χ1) is 10.4. The van der Waals surface area contributed by atoms with E-state index in [9.17, 15) is 20.1 Å². The lowest BCUT2D eigenvalue weighted by Crippen LogP contribution is -1.99. The molecule has 5 nitrogen and oxygen atoms in total. The Hall–Kier alpha value is -2.95. The van der Waals surface area contributed by atoms with Gasteiger partial charge in [0.2, 0.25) is 0 Å².